The van der Waals surface area contributed by atoms with Crippen molar-refractivity contribution < 1.29 is 25.2 Å². The Morgan fingerprint density at radius 1 is 0.455 bits per heavy atom. The summed E-state index contributed by atoms with van der Waals surface area (Å²) >= 11 is 4.37. The summed E-state index contributed by atoms with van der Waals surface area (Å²) in [5, 5.41) is 0. The fraction of sp³-hybridized carbons (Fsp3) is 0. The maximum atomic E-state index is 9.87. The summed E-state index contributed by atoms with van der Waals surface area (Å²) in [5.74, 6) is 0. The van der Waals surface area contributed by atoms with E-state index in [0.29, 0.717) is 0 Å². The molecule has 0 radical (unpaired) electrons. The van der Waals surface area contributed by atoms with Crippen molar-refractivity contribution in [2.24, 2.45) is 0 Å². The van der Waals surface area contributed by atoms with E-state index >= 15 is 0 Å². The van der Waals surface area contributed by atoms with Crippen molar-refractivity contribution in [1.29, 1.82) is 0 Å². The fourth-order valence-electron chi connectivity index (χ4n) is 2.96. The number of benzene rings is 4. The van der Waals surface area contributed by atoms with Gasteiger partial charge in [-0.25, -0.2) is 0 Å². The predicted octanol–water partition coefficient (Wildman–Crippen LogP) is 10.1. The Balaban J connectivity index is 0.000000383. The number of halogens is 6. The van der Waals surface area contributed by atoms with Crippen molar-refractivity contribution in [2.75, 3.05) is 0 Å². The Morgan fingerprint density at radius 2 is 0.758 bits per heavy atom. The molecule has 0 bridgehead atoms. The second-order valence-corrected chi connectivity index (χ2v) is 11.4. The molecule has 4 aromatic carbocycles. The predicted molar refractivity (Wildman–Crippen MR) is 128 cm³/mol. The van der Waals surface area contributed by atoms with Crippen molar-refractivity contribution in [2.45, 2.75) is 19.6 Å². The summed E-state index contributed by atoms with van der Waals surface area (Å²) in [6.45, 7) is 0. The summed E-state index contributed by atoms with van der Waals surface area (Å²) in [4.78, 5) is 4.99. The normalized spacial score (nSPS) is 13.5. The third-order valence-corrected chi connectivity index (χ3v) is 6.78. The molecule has 0 heterocycles. The molecule has 9 heteroatoms. The third-order valence-electron chi connectivity index (χ3n) is 4.25. The van der Waals surface area contributed by atoms with Crippen molar-refractivity contribution in [1.82, 2.24) is 0 Å². The monoisotopic (exact) mass is 516 g/mol. The molecular weight excluding hydrogens is 497 g/mol. The van der Waals surface area contributed by atoms with Gasteiger partial charge in [-0.05, 0) is 71.8 Å². The molecule has 0 aromatic heterocycles. The van der Waals surface area contributed by atoms with Crippen LogP contribution in [0.5, 0.6) is 0 Å². The first-order valence-corrected chi connectivity index (χ1v) is 13.3. The maximum Gasteiger partial charge on any atom is 0.166 e. The van der Waals surface area contributed by atoms with Gasteiger partial charge in [0.1, 0.15) is 0 Å². The number of hydrogen-bond acceptors (Lipinski definition) is 1. The van der Waals surface area contributed by atoms with Gasteiger partial charge in [0.15, 0.2) is 14.7 Å². The van der Waals surface area contributed by atoms with Crippen LogP contribution in [0.25, 0.3) is 11.1 Å². The second kappa shape index (κ2) is 9.09. The minimum absolute atomic E-state index is 0.0952. The third kappa shape index (κ3) is 9.16. The summed E-state index contributed by atoms with van der Waals surface area (Å²) in [6.07, 6.45) is 0. The molecule has 0 saturated carbocycles. The van der Waals surface area contributed by atoms with Crippen LogP contribution in [0.3, 0.4) is 0 Å². The Kier molecular flexibility index (Phi) is 6.94. The Labute approximate surface area is 196 Å². The molecule has 0 aliphatic carbocycles. The zero-order valence-corrected chi connectivity index (χ0v) is 19.6. The van der Waals surface area contributed by atoms with E-state index in [1.807, 2.05) is 12.1 Å². The van der Waals surface area contributed by atoms with Crippen LogP contribution < -0.4 is 0 Å². The number of hydrogen-bond donors (Lipinski definition) is 1. The van der Waals surface area contributed by atoms with Gasteiger partial charge in [-0.15, -0.1) is 12.6 Å². The van der Waals surface area contributed by atoms with E-state index in [2.05, 4.69) is 110 Å². The van der Waals surface area contributed by atoms with Crippen LogP contribution in [0.15, 0.2) is 129 Å². The molecule has 33 heavy (non-hydrogen) atoms. The summed E-state index contributed by atoms with van der Waals surface area (Å²) in [6, 6.07) is 38.7. The quantitative estimate of drug-likeness (QED) is 0.119. The minimum Gasteiger partial charge on any atom is -0.143 e. The SMILES string of the molecule is F[P-](F)(F)(F)(F)F.Sc1ccc(-c2ccc([S+](c3ccccc3)c3ccccc3)cc2)cc1. The van der Waals surface area contributed by atoms with Gasteiger partial charge >= 0.3 is 33.0 Å². The molecule has 0 nitrogen and oxygen atoms in total. The molecule has 4 aromatic rings. The average molecular weight is 517 g/mol. The second-order valence-electron chi connectivity index (χ2n) is 6.96. The molecule has 0 fully saturated rings. The van der Waals surface area contributed by atoms with E-state index in [1.165, 1.54) is 25.8 Å². The van der Waals surface area contributed by atoms with Crippen molar-refractivity contribution in [3.63, 3.8) is 0 Å². The van der Waals surface area contributed by atoms with Crippen molar-refractivity contribution in [3.05, 3.63) is 109 Å². The molecule has 0 amide bonds. The van der Waals surface area contributed by atoms with Crippen LogP contribution in [-0.2, 0) is 10.9 Å². The van der Waals surface area contributed by atoms with Gasteiger partial charge < -0.3 is 0 Å². The number of rotatable bonds is 4. The molecule has 0 aliphatic rings. The van der Waals surface area contributed by atoms with Gasteiger partial charge in [0.05, 0.1) is 10.9 Å². The summed E-state index contributed by atoms with van der Waals surface area (Å²) < 4.78 is 59.2. The van der Waals surface area contributed by atoms with Crippen LogP contribution in [-0.4, -0.2) is 0 Å². The molecule has 0 spiro atoms. The molecule has 0 aliphatic heterocycles. The Bertz CT molecular complexity index is 1130. The van der Waals surface area contributed by atoms with Gasteiger partial charge in [0.25, 0.3) is 0 Å². The average Bonchev–Trinajstić information content (AvgIpc) is 2.75. The first-order valence-electron chi connectivity index (χ1n) is 9.56. The molecule has 0 saturated heterocycles. The van der Waals surface area contributed by atoms with Crippen molar-refractivity contribution >= 4 is 31.3 Å². The van der Waals surface area contributed by atoms with Gasteiger partial charge in [-0.1, -0.05) is 48.5 Å². The molecule has 0 atom stereocenters. The van der Waals surface area contributed by atoms with E-state index in [4.69, 9.17) is 0 Å². The molecule has 0 unspecified atom stereocenters. The van der Waals surface area contributed by atoms with E-state index in [1.54, 1.807) is 0 Å². The van der Waals surface area contributed by atoms with Crippen molar-refractivity contribution in [3.8, 4) is 11.1 Å². The van der Waals surface area contributed by atoms with Gasteiger partial charge in [0, 0.05) is 4.90 Å². The van der Waals surface area contributed by atoms with Gasteiger partial charge in [-0.2, -0.15) is 0 Å². The fourth-order valence-corrected chi connectivity index (χ4v) is 5.19. The van der Waals surface area contributed by atoms with E-state index in [9.17, 15) is 25.2 Å². The van der Waals surface area contributed by atoms with Crippen LogP contribution >= 0.6 is 20.4 Å². The molecule has 174 valence electrons. The topological polar surface area (TPSA) is 0 Å². The zero-order chi connectivity index (χ0) is 24.2. The standard InChI is InChI=1S/C24H18S2.F6P/c25-21-15-11-19(12-16-21)20-13-17-24(18-14-20)26(22-7-3-1-4-8-22)23-9-5-2-6-10-23;1-7(2,3,4,5)6/h1-18H;/q;-1/p+1. The van der Waals surface area contributed by atoms with Crippen LogP contribution in [0, 0.1) is 0 Å². The smallest absolute Gasteiger partial charge is 0.143 e. The molecular formula is C24H19F6PS2. The Morgan fingerprint density at radius 3 is 1.12 bits per heavy atom. The first-order chi connectivity index (χ1) is 15.3. The van der Waals surface area contributed by atoms with E-state index in [-0.39, 0.29) is 10.9 Å². The van der Waals surface area contributed by atoms with Crippen LogP contribution in [0.4, 0.5) is 25.2 Å². The van der Waals surface area contributed by atoms with Crippen LogP contribution in [0.1, 0.15) is 0 Å². The summed E-state index contributed by atoms with van der Waals surface area (Å²) in [5.41, 5.74) is 2.44. The van der Waals surface area contributed by atoms with Gasteiger partial charge in [-0.3, -0.25) is 0 Å². The zero-order valence-electron chi connectivity index (χ0n) is 17.0. The minimum atomic E-state index is -10.7. The number of thiol groups is 1. The Hall–Kier alpha value is -2.41. The largest absolute Gasteiger partial charge is 0.166 e. The van der Waals surface area contributed by atoms with E-state index < -0.39 is 7.81 Å². The maximum absolute atomic E-state index is 10.7. The van der Waals surface area contributed by atoms with E-state index in [0.717, 1.165) is 4.90 Å². The first kappa shape index (κ1) is 25.2. The van der Waals surface area contributed by atoms with Gasteiger partial charge in [0.2, 0.25) is 0 Å². The summed E-state index contributed by atoms with van der Waals surface area (Å²) in [7, 11) is -10.8. The van der Waals surface area contributed by atoms with Crippen LogP contribution in [0.2, 0.25) is 0 Å². The molecule has 0 N–H and O–H groups in total. The molecule has 4 rings (SSSR count).